The van der Waals surface area contributed by atoms with E-state index in [1.54, 1.807) is 18.4 Å². The Bertz CT molecular complexity index is 578. The van der Waals surface area contributed by atoms with Gasteiger partial charge in [-0.05, 0) is 45.4 Å². The van der Waals surface area contributed by atoms with Gasteiger partial charge in [-0.25, -0.2) is 4.98 Å². The lowest BCUT2D eigenvalue weighted by molar-refractivity contribution is 0.416. The van der Waals surface area contributed by atoms with Crippen molar-refractivity contribution in [3.05, 3.63) is 39.3 Å². The number of aromatic nitrogens is 1. The van der Waals surface area contributed by atoms with Crippen molar-refractivity contribution in [1.29, 1.82) is 0 Å². The van der Waals surface area contributed by atoms with Crippen LogP contribution in [0.5, 0.6) is 5.75 Å². The van der Waals surface area contributed by atoms with Gasteiger partial charge in [0.15, 0.2) is 0 Å². The fraction of sp³-hybridized carbons (Fsp3) is 0.400. The standard InChI is InChI=1S/C15H20N2OS/c1-9-6-7-14(18-5)13(8-9)17-11(3)15-10(2)16-12(4)19-15/h6-8,11,17H,1-5H3. The summed E-state index contributed by atoms with van der Waals surface area (Å²) in [5.41, 5.74) is 3.35. The Morgan fingerprint density at radius 1 is 1.26 bits per heavy atom. The van der Waals surface area contributed by atoms with Crippen LogP contribution in [0.15, 0.2) is 18.2 Å². The van der Waals surface area contributed by atoms with Crippen molar-refractivity contribution in [2.75, 3.05) is 12.4 Å². The van der Waals surface area contributed by atoms with Crippen molar-refractivity contribution in [2.24, 2.45) is 0 Å². The molecule has 1 aromatic heterocycles. The number of anilines is 1. The summed E-state index contributed by atoms with van der Waals surface area (Å²) in [5.74, 6) is 0.872. The highest BCUT2D eigenvalue weighted by molar-refractivity contribution is 7.11. The van der Waals surface area contributed by atoms with Crippen LogP contribution >= 0.6 is 11.3 Å². The highest BCUT2D eigenvalue weighted by Gasteiger charge is 2.14. The lowest BCUT2D eigenvalue weighted by Gasteiger charge is -2.17. The topological polar surface area (TPSA) is 34.1 Å². The molecule has 19 heavy (non-hydrogen) atoms. The molecule has 102 valence electrons. The quantitative estimate of drug-likeness (QED) is 0.906. The number of hydrogen-bond donors (Lipinski definition) is 1. The summed E-state index contributed by atoms with van der Waals surface area (Å²) in [6.45, 7) is 8.34. The zero-order valence-corrected chi connectivity index (χ0v) is 12.9. The average molecular weight is 276 g/mol. The molecule has 2 rings (SSSR count). The third-order valence-corrected chi connectivity index (χ3v) is 4.32. The summed E-state index contributed by atoms with van der Waals surface area (Å²) in [4.78, 5) is 5.76. The summed E-state index contributed by atoms with van der Waals surface area (Å²) >= 11 is 1.74. The average Bonchev–Trinajstić information content (AvgIpc) is 2.69. The van der Waals surface area contributed by atoms with Crippen LogP contribution in [-0.2, 0) is 0 Å². The molecular formula is C15H20N2OS. The first-order valence-corrected chi connectivity index (χ1v) is 7.18. The molecule has 1 aromatic carbocycles. The van der Waals surface area contributed by atoms with Crippen LogP contribution in [0.1, 0.15) is 34.1 Å². The molecule has 0 saturated carbocycles. The van der Waals surface area contributed by atoms with Gasteiger partial charge in [0.2, 0.25) is 0 Å². The summed E-state index contributed by atoms with van der Waals surface area (Å²) < 4.78 is 5.40. The molecule has 2 aromatic rings. The molecule has 0 radical (unpaired) electrons. The van der Waals surface area contributed by atoms with Gasteiger partial charge in [-0.2, -0.15) is 0 Å². The first-order valence-electron chi connectivity index (χ1n) is 6.36. The summed E-state index contributed by atoms with van der Waals surface area (Å²) in [5, 5.41) is 4.63. The Morgan fingerprint density at radius 3 is 2.58 bits per heavy atom. The van der Waals surface area contributed by atoms with Crippen molar-refractivity contribution in [3.63, 3.8) is 0 Å². The Labute approximate surface area is 118 Å². The molecule has 0 aliphatic heterocycles. The minimum Gasteiger partial charge on any atom is -0.495 e. The lowest BCUT2D eigenvalue weighted by atomic mass is 10.1. The smallest absolute Gasteiger partial charge is 0.141 e. The van der Waals surface area contributed by atoms with Gasteiger partial charge in [-0.3, -0.25) is 0 Å². The highest BCUT2D eigenvalue weighted by Crippen LogP contribution is 2.32. The molecule has 1 heterocycles. The predicted molar refractivity (Wildman–Crippen MR) is 81.4 cm³/mol. The minimum absolute atomic E-state index is 0.224. The van der Waals surface area contributed by atoms with E-state index in [1.807, 2.05) is 13.0 Å². The Balaban J connectivity index is 2.25. The van der Waals surface area contributed by atoms with Crippen molar-refractivity contribution >= 4 is 17.0 Å². The van der Waals surface area contributed by atoms with Gasteiger partial charge in [0.1, 0.15) is 5.75 Å². The molecule has 0 saturated heterocycles. The van der Waals surface area contributed by atoms with Crippen LogP contribution < -0.4 is 10.1 Å². The maximum Gasteiger partial charge on any atom is 0.141 e. The maximum absolute atomic E-state index is 5.40. The molecule has 0 amide bonds. The second-order valence-electron chi connectivity index (χ2n) is 4.75. The number of rotatable bonds is 4. The van der Waals surface area contributed by atoms with E-state index in [1.165, 1.54) is 10.4 Å². The molecule has 0 aliphatic carbocycles. The molecule has 0 aliphatic rings. The van der Waals surface area contributed by atoms with E-state index in [0.717, 1.165) is 22.1 Å². The number of aryl methyl sites for hydroxylation is 3. The van der Waals surface area contributed by atoms with Crippen molar-refractivity contribution in [1.82, 2.24) is 4.98 Å². The van der Waals surface area contributed by atoms with E-state index in [9.17, 15) is 0 Å². The molecular weight excluding hydrogens is 256 g/mol. The second kappa shape index (κ2) is 5.61. The molecule has 0 spiro atoms. The van der Waals surface area contributed by atoms with Crippen LogP contribution in [-0.4, -0.2) is 12.1 Å². The third-order valence-electron chi connectivity index (χ3n) is 3.06. The van der Waals surface area contributed by atoms with Crippen LogP contribution in [0, 0.1) is 20.8 Å². The third kappa shape index (κ3) is 3.07. The molecule has 0 fully saturated rings. The van der Waals surface area contributed by atoms with Crippen LogP contribution in [0.2, 0.25) is 0 Å². The summed E-state index contributed by atoms with van der Waals surface area (Å²) in [6, 6.07) is 6.38. The normalized spacial score (nSPS) is 12.3. The van der Waals surface area contributed by atoms with Gasteiger partial charge in [0, 0.05) is 4.88 Å². The van der Waals surface area contributed by atoms with Crippen molar-refractivity contribution in [3.8, 4) is 5.75 Å². The maximum atomic E-state index is 5.40. The van der Waals surface area contributed by atoms with Crippen LogP contribution in [0.3, 0.4) is 0 Å². The number of benzene rings is 1. The van der Waals surface area contributed by atoms with Crippen molar-refractivity contribution in [2.45, 2.75) is 33.7 Å². The zero-order chi connectivity index (χ0) is 14.0. The Morgan fingerprint density at radius 2 is 2.00 bits per heavy atom. The molecule has 3 nitrogen and oxygen atoms in total. The molecule has 4 heteroatoms. The van der Waals surface area contributed by atoms with E-state index in [0.29, 0.717) is 0 Å². The Hall–Kier alpha value is -1.55. The van der Waals surface area contributed by atoms with Gasteiger partial charge < -0.3 is 10.1 Å². The fourth-order valence-corrected chi connectivity index (χ4v) is 3.11. The fourth-order valence-electron chi connectivity index (χ4n) is 2.18. The number of ether oxygens (including phenoxy) is 1. The Kier molecular flexibility index (Phi) is 4.10. The van der Waals surface area contributed by atoms with E-state index >= 15 is 0 Å². The SMILES string of the molecule is COc1ccc(C)cc1NC(C)c1sc(C)nc1C. The zero-order valence-electron chi connectivity index (χ0n) is 12.1. The first-order chi connectivity index (χ1) is 9.01. The van der Waals surface area contributed by atoms with Gasteiger partial charge in [0.05, 0.1) is 29.5 Å². The van der Waals surface area contributed by atoms with E-state index in [-0.39, 0.29) is 6.04 Å². The molecule has 0 bridgehead atoms. The monoisotopic (exact) mass is 276 g/mol. The number of thiazole rings is 1. The highest BCUT2D eigenvalue weighted by atomic mass is 32.1. The van der Waals surface area contributed by atoms with Crippen LogP contribution in [0.4, 0.5) is 5.69 Å². The minimum atomic E-state index is 0.224. The van der Waals surface area contributed by atoms with Crippen molar-refractivity contribution < 1.29 is 4.74 Å². The first kappa shape index (κ1) is 13.9. The van der Waals surface area contributed by atoms with E-state index in [4.69, 9.17) is 4.74 Å². The van der Waals surface area contributed by atoms with E-state index in [2.05, 4.69) is 43.2 Å². The number of methoxy groups -OCH3 is 1. The molecule has 1 unspecified atom stereocenters. The number of hydrogen-bond acceptors (Lipinski definition) is 4. The predicted octanol–water partition coefficient (Wildman–Crippen LogP) is 4.25. The van der Waals surface area contributed by atoms with Gasteiger partial charge >= 0.3 is 0 Å². The number of nitrogens with zero attached hydrogens (tertiary/aromatic N) is 1. The molecule has 1 atom stereocenters. The second-order valence-corrected chi connectivity index (χ2v) is 5.99. The number of nitrogens with one attached hydrogen (secondary N) is 1. The van der Waals surface area contributed by atoms with E-state index < -0.39 is 0 Å². The van der Waals surface area contributed by atoms with Gasteiger partial charge in [0.25, 0.3) is 0 Å². The van der Waals surface area contributed by atoms with Crippen LogP contribution in [0.25, 0.3) is 0 Å². The lowest BCUT2D eigenvalue weighted by Crippen LogP contribution is -2.07. The summed E-state index contributed by atoms with van der Waals surface area (Å²) in [6.07, 6.45) is 0. The summed E-state index contributed by atoms with van der Waals surface area (Å²) in [7, 11) is 1.70. The van der Waals surface area contributed by atoms with Gasteiger partial charge in [-0.15, -0.1) is 11.3 Å². The van der Waals surface area contributed by atoms with Gasteiger partial charge in [-0.1, -0.05) is 6.07 Å². The largest absolute Gasteiger partial charge is 0.495 e. The molecule has 1 N–H and O–H groups in total.